The summed E-state index contributed by atoms with van der Waals surface area (Å²) in [6, 6.07) is 5.82. The van der Waals surface area contributed by atoms with Crippen LogP contribution in [-0.4, -0.2) is 5.91 Å². The van der Waals surface area contributed by atoms with E-state index >= 15 is 0 Å². The molecule has 0 saturated carbocycles. The minimum Gasteiger partial charge on any atom is -0.325 e. The molecule has 0 aromatic heterocycles. The third kappa shape index (κ3) is 3.06. The zero-order valence-corrected chi connectivity index (χ0v) is 11.1. The van der Waals surface area contributed by atoms with E-state index in [0.717, 1.165) is 15.7 Å². The lowest BCUT2D eigenvalue weighted by molar-refractivity contribution is -0.123. The molecule has 0 fully saturated rings. The van der Waals surface area contributed by atoms with Crippen molar-refractivity contribution in [1.82, 2.24) is 0 Å². The summed E-state index contributed by atoms with van der Waals surface area (Å²) in [6.07, 6.45) is 0. The molecule has 2 nitrogen and oxygen atoms in total. The Morgan fingerprint density at radius 1 is 1.33 bits per heavy atom. The first-order valence-electron chi connectivity index (χ1n) is 4.89. The van der Waals surface area contributed by atoms with Crippen molar-refractivity contribution in [3.05, 3.63) is 28.2 Å². The normalized spacial score (nSPS) is 11.3. The van der Waals surface area contributed by atoms with Crippen LogP contribution < -0.4 is 5.32 Å². The average molecular weight is 270 g/mol. The highest BCUT2D eigenvalue weighted by molar-refractivity contribution is 9.10. The number of amides is 1. The lowest BCUT2D eigenvalue weighted by Gasteiger charge is -2.18. The molecule has 0 heterocycles. The number of benzene rings is 1. The third-order valence-corrected chi connectivity index (χ3v) is 3.17. The van der Waals surface area contributed by atoms with Gasteiger partial charge in [0.25, 0.3) is 0 Å². The number of nitrogens with one attached hydrogen (secondary N) is 1. The van der Waals surface area contributed by atoms with Crippen LogP contribution in [0.1, 0.15) is 26.3 Å². The smallest absolute Gasteiger partial charge is 0.229 e. The molecule has 3 heteroatoms. The molecule has 0 atom stereocenters. The van der Waals surface area contributed by atoms with Gasteiger partial charge in [-0.15, -0.1) is 0 Å². The molecule has 0 aliphatic heterocycles. The van der Waals surface area contributed by atoms with Gasteiger partial charge >= 0.3 is 0 Å². The van der Waals surface area contributed by atoms with Gasteiger partial charge in [-0.1, -0.05) is 32.9 Å². The number of hydrogen-bond acceptors (Lipinski definition) is 1. The zero-order chi connectivity index (χ0) is 11.6. The molecule has 1 N–H and O–H groups in total. The minimum absolute atomic E-state index is 0.0220. The van der Waals surface area contributed by atoms with Crippen LogP contribution in [0.3, 0.4) is 0 Å². The van der Waals surface area contributed by atoms with Crippen molar-refractivity contribution in [1.29, 1.82) is 0 Å². The van der Waals surface area contributed by atoms with Crippen molar-refractivity contribution in [2.45, 2.75) is 27.7 Å². The standard InChI is InChI=1S/C12H16BrNO/c1-8-6-5-7-9(10(8)13)14-11(15)12(2,3)4/h5-7H,1-4H3,(H,14,15). The van der Waals surface area contributed by atoms with Gasteiger partial charge in [-0.05, 0) is 34.5 Å². The van der Waals surface area contributed by atoms with E-state index in [0.29, 0.717) is 0 Å². The Morgan fingerprint density at radius 2 is 1.93 bits per heavy atom. The number of rotatable bonds is 1. The molecule has 15 heavy (non-hydrogen) atoms. The van der Waals surface area contributed by atoms with E-state index in [2.05, 4.69) is 21.2 Å². The van der Waals surface area contributed by atoms with Crippen molar-refractivity contribution < 1.29 is 4.79 Å². The molecule has 0 bridgehead atoms. The first kappa shape index (κ1) is 12.2. The summed E-state index contributed by atoms with van der Waals surface area (Å²) >= 11 is 3.46. The maximum atomic E-state index is 11.8. The average Bonchev–Trinajstić information content (AvgIpc) is 2.11. The van der Waals surface area contributed by atoms with E-state index in [9.17, 15) is 4.79 Å². The summed E-state index contributed by atoms with van der Waals surface area (Å²) in [6.45, 7) is 7.68. The summed E-state index contributed by atoms with van der Waals surface area (Å²) < 4.78 is 0.947. The van der Waals surface area contributed by atoms with Crippen molar-refractivity contribution in [2.75, 3.05) is 5.32 Å². The Labute approximate surface area is 99.2 Å². The topological polar surface area (TPSA) is 29.1 Å². The number of hydrogen-bond donors (Lipinski definition) is 1. The maximum absolute atomic E-state index is 11.8. The van der Waals surface area contributed by atoms with E-state index in [1.54, 1.807) is 0 Å². The summed E-state index contributed by atoms with van der Waals surface area (Å²) in [7, 11) is 0. The van der Waals surface area contributed by atoms with Crippen LogP contribution in [0.2, 0.25) is 0 Å². The highest BCUT2D eigenvalue weighted by Gasteiger charge is 2.21. The molecule has 0 spiro atoms. The van der Waals surface area contributed by atoms with Gasteiger partial charge in [0, 0.05) is 9.89 Å². The molecule has 1 amide bonds. The second-order valence-electron chi connectivity index (χ2n) is 4.64. The maximum Gasteiger partial charge on any atom is 0.229 e. The number of halogens is 1. The van der Waals surface area contributed by atoms with Crippen LogP contribution in [0.25, 0.3) is 0 Å². The van der Waals surface area contributed by atoms with Gasteiger partial charge in [0.2, 0.25) is 5.91 Å². The van der Waals surface area contributed by atoms with Crippen molar-refractivity contribution in [2.24, 2.45) is 5.41 Å². The zero-order valence-electron chi connectivity index (χ0n) is 9.52. The van der Waals surface area contributed by atoms with Gasteiger partial charge in [-0.2, -0.15) is 0 Å². The summed E-state index contributed by atoms with van der Waals surface area (Å²) in [5.41, 5.74) is 1.57. The van der Waals surface area contributed by atoms with E-state index in [1.165, 1.54) is 0 Å². The number of anilines is 1. The molecule has 0 unspecified atom stereocenters. The number of aryl methyl sites for hydroxylation is 1. The second kappa shape index (κ2) is 4.35. The second-order valence-corrected chi connectivity index (χ2v) is 5.43. The molecule has 0 saturated heterocycles. The monoisotopic (exact) mass is 269 g/mol. The number of carbonyl (C=O) groups excluding carboxylic acids is 1. The van der Waals surface area contributed by atoms with E-state index in [-0.39, 0.29) is 11.3 Å². The Kier molecular flexibility index (Phi) is 3.55. The quantitative estimate of drug-likeness (QED) is 0.827. The van der Waals surface area contributed by atoms with Gasteiger partial charge in [0.15, 0.2) is 0 Å². The van der Waals surface area contributed by atoms with Crippen molar-refractivity contribution in [3.63, 3.8) is 0 Å². The Hall–Kier alpha value is -0.830. The van der Waals surface area contributed by atoms with E-state index < -0.39 is 0 Å². The Bertz CT molecular complexity index is 380. The van der Waals surface area contributed by atoms with E-state index in [1.807, 2.05) is 45.9 Å². The predicted octanol–water partition coefficient (Wildman–Crippen LogP) is 3.74. The number of carbonyl (C=O) groups is 1. The van der Waals surface area contributed by atoms with Gasteiger partial charge < -0.3 is 5.32 Å². The highest BCUT2D eigenvalue weighted by atomic mass is 79.9. The predicted molar refractivity (Wildman–Crippen MR) is 67.0 cm³/mol. The largest absolute Gasteiger partial charge is 0.325 e. The molecule has 82 valence electrons. The van der Waals surface area contributed by atoms with Gasteiger partial charge in [-0.25, -0.2) is 0 Å². The first-order valence-corrected chi connectivity index (χ1v) is 5.68. The van der Waals surface area contributed by atoms with Crippen molar-refractivity contribution in [3.8, 4) is 0 Å². The Morgan fingerprint density at radius 3 is 2.47 bits per heavy atom. The molecule has 0 aliphatic carbocycles. The van der Waals surface area contributed by atoms with Gasteiger partial charge in [0.05, 0.1) is 5.69 Å². The summed E-state index contributed by atoms with van der Waals surface area (Å²) in [4.78, 5) is 11.8. The fraction of sp³-hybridized carbons (Fsp3) is 0.417. The first-order chi connectivity index (χ1) is 6.82. The summed E-state index contributed by atoms with van der Waals surface area (Å²) in [5, 5.41) is 2.91. The van der Waals surface area contributed by atoms with Crippen LogP contribution in [-0.2, 0) is 4.79 Å². The lowest BCUT2D eigenvalue weighted by atomic mass is 9.95. The molecular formula is C12H16BrNO. The SMILES string of the molecule is Cc1cccc(NC(=O)C(C)(C)C)c1Br. The van der Waals surface area contributed by atoms with Crippen LogP contribution in [0, 0.1) is 12.3 Å². The fourth-order valence-corrected chi connectivity index (χ4v) is 1.42. The summed E-state index contributed by atoms with van der Waals surface area (Å²) in [5.74, 6) is 0.0220. The van der Waals surface area contributed by atoms with Crippen LogP contribution in [0.5, 0.6) is 0 Å². The third-order valence-electron chi connectivity index (χ3n) is 2.12. The fourth-order valence-electron chi connectivity index (χ4n) is 1.05. The van der Waals surface area contributed by atoms with Crippen LogP contribution in [0.4, 0.5) is 5.69 Å². The molecule has 0 aliphatic rings. The molecular weight excluding hydrogens is 254 g/mol. The molecule has 0 radical (unpaired) electrons. The van der Waals surface area contributed by atoms with Crippen molar-refractivity contribution >= 4 is 27.5 Å². The lowest BCUT2D eigenvalue weighted by Crippen LogP contribution is -2.27. The highest BCUT2D eigenvalue weighted by Crippen LogP contribution is 2.27. The van der Waals surface area contributed by atoms with E-state index in [4.69, 9.17) is 0 Å². The molecule has 1 aromatic rings. The van der Waals surface area contributed by atoms with Gasteiger partial charge in [0.1, 0.15) is 0 Å². The molecule has 1 aromatic carbocycles. The van der Waals surface area contributed by atoms with Gasteiger partial charge in [-0.3, -0.25) is 4.79 Å². The Balaban J connectivity index is 2.91. The minimum atomic E-state index is -0.372. The van der Waals surface area contributed by atoms with Crippen LogP contribution in [0.15, 0.2) is 22.7 Å². The molecule has 1 rings (SSSR count). The van der Waals surface area contributed by atoms with Crippen LogP contribution >= 0.6 is 15.9 Å².